The van der Waals surface area contributed by atoms with Gasteiger partial charge in [-0.05, 0) is 30.0 Å². The third-order valence-electron chi connectivity index (χ3n) is 5.25. The first-order chi connectivity index (χ1) is 13.5. The van der Waals surface area contributed by atoms with Gasteiger partial charge in [-0.1, -0.05) is 26.8 Å². The molecule has 0 aromatic heterocycles. The van der Waals surface area contributed by atoms with Gasteiger partial charge in [0.1, 0.15) is 6.04 Å². The van der Waals surface area contributed by atoms with Crippen molar-refractivity contribution in [2.75, 3.05) is 33.0 Å². The maximum absolute atomic E-state index is 12.9. The van der Waals surface area contributed by atoms with E-state index in [0.29, 0.717) is 19.5 Å². The smallest absolute Gasteiger partial charge is 0.245 e. The normalized spacial score (nSPS) is 17.6. The Kier molecular flexibility index (Phi) is 6.78. The zero-order valence-electron chi connectivity index (χ0n) is 17.1. The molecule has 2 aliphatic rings. The SMILES string of the molecule is CCCC(=O)NC(C(=O)N1CCN(Cc2ccc3c(c2)OCO3)CC1)C(C)C. The van der Waals surface area contributed by atoms with Crippen LogP contribution in [0.5, 0.6) is 11.5 Å². The van der Waals surface area contributed by atoms with E-state index in [1.165, 1.54) is 5.56 Å². The first kappa shape index (κ1) is 20.5. The number of nitrogens with zero attached hydrogens (tertiary/aromatic N) is 2. The lowest BCUT2D eigenvalue weighted by Gasteiger charge is -2.37. The molecule has 7 heteroatoms. The Morgan fingerprint density at radius 3 is 2.50 bits per heavy atom. The highest BCUT2D eigenvalue weighted by molar-refractivity contribution is 5.88. The second kappa shape index (κ2) is 9.28. The number of rotatable bonds is 7. The highest BCUT2D eigenvalue weighted by Crippen LogP contribution is 2.32. The van der Waals surface area contributed by atoms with Crippen molar-refractivity contribution in [1.82, 2.24) is 15.1 Å². The summed E-state index contributed by atoms with van der Waals surface area (Å²) in [4.78, 5) is 29.1. The maximum Gasteiger partial charge on any atom is 0.245 e. The zero-order chi connectivity index (χ0) is 20.1. The van der Waals surface area contributed by atoms with Crippen LogP contribution in [-0.4, -0.2) is 60.6 Å². The monoisotopic (exact) mass is 389 g/mol. The van der Waals surface area contributed by atoms with Gasteiger partial charge in [-0.25, -0.2) is 0 Å². The molecule has 1 N–H and O–H groups in total. The molecule has 0 radical (unpaired) electrons. The highest BCUT2D eigenvalue weighted by atomic mass is 16.7. The molecule has 1 aromatic rings. The van der Waals surface area contributed by atoms with Crippen LogP contribution in [0.2, 0.25) is 0 Å². The minimum atomic E-state index is -0.445. The van der Waals surface area contributed by atoms with E-state index in [-0.39, 0.29) is 24.5 Å². The molecule has 1 fully saturated rings. The van der Waals surface area contributed by atoms with E-state index in [4.69, 9.17) is 9.47 Å². The predicted molar refractivity (Wildman–Crippen MR) is 106 cm³/mol. The van der Waals surface area contributed by atoms with Crippen LogP contribution < -0.4 is 14.8 Å². The van der Waals surface area contributed by atoms with Crippen molar-refractivity contribution < 1.29 is 19.1 Å². The summed E-state index contributed by atoms with van der Waals surface area (Å²) >= 11 is 0. The fraction of sp³-hybridized carbons (Fsp3) is 0.619. The summed E-state index contributed by atoms with van der Waals surface area (Å²) in [6, 6.07) is 5.59. The van der Waals surface area contributed by atoms with Crippen LogP contribution in [0.1, 0.15) is 39.2 Å². The number of carbonyl (C=O) groups is 2. The number of piperazine rings is 1. The summed E-state index contributed by atoms with van der Waals surface area (Å²) in [5.74, 6) is 1.65. The molecule has 0 spiro atoms. The van der Waals surface area contributed by atoms with Crippen molar-refractivity contribution in [2.24, 2.45) is 5.92 Å². The third kappa shape index (κ3) is 4.95. The van der Waals surface area contributed by atoms with E-state index < -0.39 is 6.04 Å². The van der Waals surface area contributed by atoms with Crippen LogP contribution in [0.25, 0.3) is 0 Å². The van der Waals surface area contributed by atoms with Gasteiger partial charge >= 0.3 is 0 Å². The molecule has 0 aliphatic carbocycles. The summed E-state index contributed by atoms with van der Waals surface area (Å²) in [7, 11) is 0. The van der Waals surface area contributed by atoms with E-state index >= 15 is 0 Å². The molecule has 1 aromatic carbocycles. The minimum absolute atomic E-state index is 0.0298. The minimum Gasteiger partial charge on any atom is -0.454 e. The Bertz CT molecular complexity index is 699. The molecule has 1 unspecified atom stereocenters. The van der Waals surface area contributed by atoms with Crippen LogP contribution in [0.4, 0.5) is 0 Å². The molecule has 0 saturated carbocycles. The lowest BCUT2D eigenvalue weighted by Crippen LogP contribution is -2.56. The lowest BCUT2D eigenvalue weighted by molar-refractivity contribution is -0.139. The van der Waals surface area contributed by atoms with E-state index in [1.54, 1.807) is 0 Å². The van der Waals surface area contributed by atoms with Crippen LogP contribution in [0.3, 0.4) is 0 Å². The van der Waals surface area contributed by atoms with E-state index in [9.17, 15) is 9.59 Å². The van der Waals surface area contributed by atoms with E-state index in [0.717, 1.165) is 37.6 Å². The summed E-state index contributed by atoms with van der Waals surface area (Å²) in [5, 5.41) is 2.92. The van der Waals surface area contributed by atoms with Crippen molar-refractivity contribution in [3.05, 3.63) is 23.8 Å². The molecule has 0 bridgehead atoms. The second-order valence-corrected chi connectivity index (χ2v) is 7.83. The molecule has 2 aliphatic heterocycles. The maximum atomic E-state index is 12.9. The third-order valence-corrected chi connectivity index (χ3v) is 5.25. The average molecular weight is 389 g/mol. The molecule has 28 heavy (non-hydrogen) atoms. The Morgan fingerprint density at radius 2 is 1.82 bits per heavy atom. The summed E-state index contributed by atoms with van der Waals surface area (Å²) in [6.07, 6.45) is 1.24. The summed E-state index contributed by atoms with van der Waals surface area (Å²) in [6.45, 7) is 10.00. The average Bonchev–Trinajstić information content (AvgIpc) is 3.14. The van der Waals surface area contributed by atoms with Crippen molar-refractivity contribution >= 4 is 11.8 Å². The van der Waals surface area contributed by atoms with Gasteiger partial charge in [0.05, 0.1) is 0 Å². The number of benzene rings is 1. The van der Waals surface area contributed by atoms with E-state index in [1.807, 2.05) is 37.8 Å². The number of nitrogens with one attached hydrogen (secondary N) is 1. The molecule has 7 nitrogen and oxygen atoms in total. The van der Waals surface area contributed by atoms with Crippen LogP contribution in [0, 0.1) is 5.92 Å². The van der Waals surface area contributed by atoms with Gasteiger partial charge in [0, 0.05) is 39.1 Å². The fourth-order valence-electron chi connectivity index (χ4n) is 3.61. The number of amides is 2. The molecule has 2 amide bonds. The molecule has 3 rings (SSSR count). The zero-order valence-corrected chi connectivity index (χ0v) is 17.1. The van der Waals surface area contributed by atoms with Gasteiger partial charge in [-0.3, -0.25) is 14.5 Å². The Labute approximate surface area is 167 Å². The number of carbonyl (C=O) groups excluding carboxylic acids is 2. The van der Waals surface area contributed by atoms with Crippen LogP contribution in [-0.2, 0) is 16.1 Å². The molecule has 1 atom stereocenters. The first-order valence-electron chi connectivity index (χ1n) is 10.2. The van der Waals surface area contributed by atoms with Gasteiger partial charge in [0.2, 0.25) is 18.6 Å². The number of hydrogen-bond donors (Lipinski definition) is 1. The number of fused-ring (bicyclic) bond motifs is 1. The number of ether oxygens (including phenoxy) is 2. The summed E-state index contributed by atoms with van der Waals surface area (Å²) in [5.41, 5.74) is 1.18. The van der Waals surface area contributed by atoms with Gasteiger partial charge in [0.15, 0.2) is 11.5 Å². The Hall–Kier alpha value is -2.28. The van der Waals surface area contributed by atoms with Crippen molar-refractivity contribution in [3.63, 3.8) is 0 Å². The summed E-state index contributed by atoms with van der Waals surface area (Å²) < 4.78 is 10.8. The second-order valence-electron chi connectivity index (χ2n) is 7.83. The Morgan fingerprint density at radius 1 is 1.11 bits per heavy atom. The number of hydrogen-bond acceptors (Lipinski definition) is 5. The highest BCUT2D eigenvalue weighted by Gasteiger charge is 2.30. The van der Waals surface area contributed by atoms with Crippen LogP contribution >= 0.6 is 0 Å². The van der Waals surface area contributed by atoms with Crippen LogP contribution in [0.15, 0.2) is 18.2 Å². The van der Waals surface area contributed by atoms with Crippen molar-refractivity contribution in [1.29, 1.82) is 0 Å². The fourth-order valence-corrected chi connectivity index (χ4v) is 3.61. The van der Waals surface area contributed by atoms with E-state index in [2.05, 4.69) is 16.3 Å². The lowest BCUT2D eigenvalue weighted by atomic mass is 10.0. The molecular formula is C21H31N3O4. The molecule has 154 valence electrons. The standard InChI is InChI=1S/C21H31N3O4/c1-4-5-19(25)22-20(15(2)3)21(26)24-10-8-23(9-11-24)13-16-6-7-17-18(12-16)28-14-27-17/h6-7,12,15,20H,4-5,8-11,13-14H2,1-3H3,(H,22,25). The molecule has 1 saturated heterocycles. The van der Waals surface area contributed by atoms with Crippen molar-refractivity contribution in [3.8, 4) is 11.5 Å². The Balaban J connectivity index is 1.52. The molecular weight excluding hydrogens is 358 g/mol. The van der Waals surface area contributed by atoms with Gasteiger partial charge in [-0.15, -0.1) is 0 Å². The van der Waals surface area contributed by atoms with Crippen molar-refractivity contribution in [2.45, 2.75) is 46.2 Å². The molecule has 2 heterocycles. The topological polar surface area (TPSA) is 71.1 Å². The predicted octanol–water partition coefficient (Wildman–Crippen LogP) is 2.00. The van der Waals surface area contributed by atoms with Gasteiger partial charge < -0.3 is 19.7 Å². The van der Waals surface area contributed by atoms with Gasteiger partial charge in [-0.2, -0.15) is 0 Å². The largest absolute Gasteiger partial charge is 0.454 e. The quantitative estimate of drug-likeness (QED) is 0.772. The first-order valence-corrected chi connectivity index (χ1v) is 10.2. The van der Waals surface area contributed by atoms with Gasteiger partial charge in [0.25, 0.3) is 0 Å².